The Hall–Kier alpha value is -2.07. The highest BCUT2D eigenvalue weighted by Crippen LogP contribution is 2.26. The summed E-state index contributed by atoms with van der Waals surface area (Å²) in [5, 5.41) is 9.02. The van der Waals surface area contributed by atoms with Crippen molar-refractivity contribution in [2.75, 3.05) is 0 Å². The number of furan rings is 1. The molecule has 0 spiro atoms. The molecular formula is C17H21N3O. The summed E-state index contributed by atoms with van der Waals surface area (Å²) in [6.07, 6.45) is 3.90. The average molecular weight is 283 g/mol. The van der Waals surface area contributed by atoms with Crippen molar-refractivity contribution >= 4 is 11.0 Å². The third kappa shape index (κ3) is 3.00. The molecule has 0 saturated heterocycles. The molecule has 4 heteroatoms. The summed E-state index contributed by atoms with van der Waals surface area (Å²) < 4.78 is 7.97. The van der Waals surface area contributed by atoms with Gasteiger partial charge in [0.05, 0.1) is 12.7 Å². The van der Waals surface area contributed by atoms with Gasteiger partial charge < -0.3 is 9.73 Å². The number of hydrogen-bond donors (Lipinski definition) is 1. The van der Waals surface area contributed by atoms with Gasteiger partial charge in [-0.25, -0.2) is 0 Å². The van der Waals surface area contributed by atoms with Crippen molar-refractivity contribution in [3.05, 3.63) is 53.5 Å². The lowest BCUT2D eigenvalue weighted by Crippen LogP contribution is -2.22. The Kier molecular flexibility index (Phi) is 3.80. The zero-order chi connectivity index (χ0) is 14.8. The van der Waals surface area contributed by atoms with Crippen LogP contribution in [0.1, 0.15) is 30.7 Å². The van der Waals surface area contributed by atoms with Gasteiger partial charge in [0.25, 0.3) is 0 Å². The quantitative estimate of drug-likeness (QED) is 0.779. The summed E-state index contributed by atoms with van der Waals surface area (Å²) in [7, 11) is 0. The van der Waals surface area contributed by atoms with Crippen LogP contribution < -0.4 is 5.32 Å². The van der Waals surface area contributed by atoms with Gasteiger partial charge in [-0.3, -0.25) is 4.68 Å². The van der Waals surface area contributed by atoms with E-state index in [0.717, 1.165) is 23.5 Å². The standard InChI is InChI=1S/C17H21N3O/c1-12(2)18-9-15-14-6-4-5-7-16(14)21-17(15)11-20-10-13(3)8-19-20/h4-8,10,12,18H,9,11H2,1-3H3. The van der Waals surface area contributed by atoms with Crippen LogP contribution in [0, 0.1) is 6.92 Å². The summed E-state index contributed by atoms with van der Waals surface area (Å²) in [5.41, 5.74) is 3.33. The number of rotatable bonds is 5. The van der Waals surface area contributed by atoms with E-state index in [2.05, 4.69) is 36.4 Å². The van der Waals surface area contributed by atoms with Crippen molar-refractivity contribution < 1.29 is 4.42 Å². The van der Waals surface area contributed by atoms with Gasteiger partial charge >= 0.3 is 0 Å². The van der Waals surface area contributed by atoms with Crippen molar-refractivity contribution in [3.8, 4) is 0 Å². The minimum atomic E-state index is 0.443. The molecule has 0 saturated carbocycles. The van der Waals surface area contributed by atoms with Crippen molar-refractivity contribution in [2.24, 2.45) is 0 Å². The number of fused-ring (bicyclic) bond motifs is 1. The molecule has 110 valence electrons. The highest BCUT2D eigenvalue weighted by molar-refractivity contribution is 5.82. The van der Waals surface area contributed by atoms with Gasteiger partial charge in [0.2, 0.25) is 0 Å². The van der Waals surface area contributed by atoms with Crippen LogP contribution in [-0.4, -0.2) is 15.8 Å². The van der Waals surface area contributed by atoms with E-state index in [1.54, 1.807) is 0 Å². The Morgan fingerprint density at radius 2 is 2.10 bits per heavy atom. The molecule has 0 aliphatic carbocycles. The van der Waals surface area contributed by atoms with Crippen LogP contribution in [0.4, 0.5) is 0 Å². The monoisotopic (exact) mass is 283 g/mol. The highest BCUT2D eigenvalue weighted by atomic mass is 16.3. The normalized spacial score (nSPS) is 11.6. The molecule has 0 aliphatic heterocycles. The molecule has 0 amide bonds. The van der Waals surface area contributed by atoms with E-state index >= 15 is 0 Å². The third-order valence-corrected chi connectivity index (χ3v) is 3.54. The first-order chi connectivity index (χ1) is 10.1. The number of benzene rings is 1. The fourth-order valence-corrected chi connectivity index (χ4v) is 2.48. The van der Waals surface area contributed by atoms with E-state index in [4.69, 9.17) is 4.42 Å². The van der Waals surface area contributed by atoms with Crippen LogP contribution in [0.5, 0.6) is 0 Å². The molecule has 1 N–H and O–H groups in total. The Bertz CT molecular complexity index is 739. The molecule has 4 nitrogen and oxygen atoms in total. The second kappa shape index (κ2) is 5.74. The minimum absolute atomic E-state index is 0.443. The number of nitrogens with one attached hydrogen (secondary N) is 1. The third-order valence-electron chi connectivity index (χ3n) is 3.54. The summed E-state index contributed by atoms with van der Waals surface area (Å²) >= 11 is 0. The highest BCUT2D eigenvalue weighted by Gasteiger charge is 2.14. The van der Waals surface area contributed by atoms with Crippen LogP contribution >= 0.6 is 0 Å². The average Bonchev–Trinajstić information content (AvgIpc) is 3.00. The minimum Gasteiger partial charge on any atom is -0.459 e. The number of hydrogen-bond acceptors (Lipinski definition) is 3. The molecule has 0 atom stereocenters. The van der Waals surface area contributed by atoms with E-state index in [-0.39, 0.29) is 0 Å². The Balaban J connectivity index is 1.97. The topological polar surface area (TPSA) is 43.0 Å². The van der Waals surface area contributed by atoms with Gasteiger partial charge in [0, 0.05) is 29.7 Å². The lowest BCUT2D eigenvalue weighted by Gasteiger charge is -2.08. The number of aromatic nitrogens is 2. The molecule has 0 unspecified atom stereocenters. The molecule has 1 aromatic carbocycles. The van der Waals surface area contributed by atoms with Crippen LogP contribution in [0.2, 0.25) is 0 Å². The van der Waals surface area contributed by atoms with Crippen molar-refractivity contribution in [1.29, 1.82) is 0 Å². The molecule has 0 fully saturated rings. The molecule has 2 aromatic heterocycles. The Morgan fingerprint density at radius 1 is 1.29 bits per heavy atom. The largest absolute Gasteiger partial charge is 0.459 e. The smallest absolute Gasteiger partial charge is 0.134 e. The van der Waals surface area contributed by atoms with E-state index in [1.807, 2.05) is 36.1 Å². The van der Waals surface area contributed by atoms with E-state index in [1.165, 1.54) is 10.9 Å². The summed E-state index contributed by atoms with van der Waals surface area (Å²) in [6, 6.07) is 8.64. The van der Waals surface area contributed by atoms with Crippen LogP contribution in [-0.2, 0) is 13.1 Å². The molecule has 0 bridgehead atoms. The Morgan fingerprint density at radius 3 is 2.81 bits per heavy atom. The van der Waals surface area contributed by atoms with Gasteiger partial charge in [-0.05, 0) is 18.6 Å². The van der Waals surface area contributed by atoms with E-state index < -0.39 is 0 Å². The summed E-state index contributed by atoms with van der Waals surface area (Å²) in [5.74, 6) is 0.979. The summed E-state index contributed by atoms with van der Waals surface area (Å²) in [6.45, 7) is 7.82. The van der Waals surface area contributed by atoms with Gasteiger partial charge in [-0.15, -0.1) is 0 Å². The lowest BCUT2D eigenvalue weighted by molar-refractivity contribution is 0.495. The molecule has 0 aliphatic rings. The molecule has 2 heterocycles. The van der Waals surface area contributed by atoms with Gasteiger partial charge in [0.1, 0.15) is 11.3 Å². The van der Waals surface area contributed by atoms with Gasteiger partial charge in [0.15, 0.2) is 0 Å². The first-order valence-electron chi connectivity index (χ1n) is 7.35. The summed E-state index contributed by atoms with van der Waals surface area (Å²) in [4.78, 5) is 0. The maximum atomic E-state index is 6.04. The second-order valence-electron chi connectivity index (χ2n) is 5.75. The zero-order valence-corrected chi connectivity index (χ0v) is 12.8. The Labute approximate surface area is 124 Å². The fraction of sp³-hybridized carbons (Fsp3) is 0.353. The number of aryl methyl sites for hydroxylation is 1. The molecule has 21 heavy (non-hydrogen) atoms. The lowest BCUT2D eigenvalue weighted by atomic mass is 10.1. The van der Waals surface area contributed by atoms with Gasteiger partial charge in [-0.2, -0.15) is 5.10 Å². The predicted molar refractivity (Wildman–Crippen MR) is 84.3 cm³/mol. The molecular weight excluding hydrogens is 262 g/mol. The number of nitrogens with zero attached hydrogens (tertiary/aromatic N) is 2. The van der Waals surface area contributed by atoms with Crippen molar-refractivity contribution in [3.63, 3.8) is 0 Å². The van der Waals surface area contributed by atoms with Crippen molar-refractivity contribution in [2.45, 2.75) is 39.9 Å². The van der Waals surface area contributed by atoms with Crippen LogP contribution in [0.3, 0.4) is 0 Å². The second-order valence-corrected chi connectivity index (χ2v) is 5.75. The van der Waals surface area contributed by atoms with E-state index in [0.29, 0.717) is 12.6 Å². The molecule has 3 rings (SSSR count). The van der Waals surface area contributed by atoms with Gasteiger partial charge in [-0.1, -0.05) is 32.0 Å². The fourth-order valence-electron chi connectivity index (χ4n) is 2.48. The first-order valence-corrected chi connectivity index (χ1v) is 7.35. The SMILES string of the molecule is Cc1cnn(Cc2oc3ccccc3c2CNC(C)C)c1. The van der Waals surface area contributed by atoms with E-state index in [9.17, 15) is 0 Å². The number of para-hydroxylation sites is 1. The van der Waals surface area contributed by atoms with Crippen molar-refractivity contribution in [1.82, 2.24) is 15.1 Å². The molecule has 3 aromatic rings. The predicted octanol–water partition coefficient (Wildman–Crippen LogP) is 3.48. The first kappa shape index (κ1) is 13.9. The van der Waals surface area contributed by atoms with Crippen LogP contribution in [0.25, 0.3) is 11.0 Å². The maximum absolute atomic E-state index is 6.04. The zero-order valence-electron chi connectivity index (χ0n) is 12.8. The maximum Gasteiger partial charge on any atom is 0.134 e. The van der Waals surface area contributed by atoms with Crippen LogP contribution in [0.15, 0.2) is 41.1 Å². The molecule has 0 radical (unpaired) electrons.